The van der Waals surface area contributed by atoms with E-state index in [0.717, 1.165) is 11.1 Å². The van der Waals surface area contributed by atoms with Gasteiger partial charge in [-0.1, -0.05) is 0 Å². The van der Waals surface area contributed by atoms with E-state index < -0.39 is 6.09 Å². The molecule has 0 aliphatic rings. The molecule has 24 heavy (non-hydrogen) atoms. The lowest BCUT2D eigenvalue weighted by molar-refractivity contribution is 0.194. The third-order valence-electron chi connectivity index (χ3n) is 3.55. The zero-order valence-electron chi connectivity index (χ0n) is 12.9. The second-order valence-corrected chi connectivity index (χ2v) is 5.27. The molecule has 0 atom stereocenters. The van der Waals surface area contributed by atoms with E-state index in [4.69, 9.17) is 5.11 Å². The molecule has 1 amide bonds. The maximum absolute atomic E-state index is 13.1. The first-order valence-corrected chi connectivity index (χ1v) is 7.24. The molecule has 122 valence electrons. The molecule has 3 aromatic rings. The van der Waals surface area contributed by atoms with Gasteiger partial charge in [-0.3, -0.25) is 9.67 Å². The minimum absolute atomic E-state index is 0.123. The van der Waals surface area contributed by atoms with Gasteiger partial charge in [0.05, 0.1) is 11.4 Å². The molecule has 0 saturated carbocycles. The average molecular weight is 326 g/mol. The minimum Gasteiger partial charge on any atom is -0.465 e. The highest BCUT2D eigenvalue weighted by Crippen LogP contribution is 2.27. The van der Waals surface area contributed by atoms with Gasteiger partial charge < -0.3 is 10.4 Å². The number of nitrogens with zero attached hydrogens (tertiary/aromatic N) is 3. The van der Waals surface area contributed by atoms with E-state index in [1.807, 2.05) is 18.3 Å². The molecule has 0 aliphatic heterocycles. The van der Waals surface area contributed by atoms with Crippen molar-refractivity contribution in [1.29, 1.82) is 0 Å². The Bertz CT molecular complexity index is 875. The fraction of sp³-hybridized carbons (Fsp3) is 0.118. The van der Waals surface area contributed by atoms with E-state index in [0.29, 0.717) is 17.0 Å². The van der Waals surface area contributed by atoms with E-state index in [-0.39, 0.29) is 12.4 Å². The summed E-state index contributed by atoms with van der Waals surface area (Å²) in [6.45, 7) is 0.123. The molecule has 0 fully saturated rings. The molecule has 0 saturated heterocycles. The highest BCUT2D eigenvalue weighted by atomic mass is 19.1. The molecule has 2 aromatic heterocycles. The Labute approximate surface area is 137 Å². The predicted octanol–water partition coefficient (Wildman–Crippen LogP) is 3.06. The molecule has 2 N–H and O–H groups in total. The van der Waals surface area contributed by atoms with Crippen molar-refractivity contribution in [2.75, 3.05) is 0 Å². The van der Waals surface area contributed by atoms with E-state index in [1.165, 1.54) is 12.1 Å². The molecule has 2 heterocycles. The first-order valence-electron chi connectivity index (χ1n) is 7.24. The van der Waals surface area contributed by atoms with Crippen LogP contribution in [0.5, 0.6) is 0 Å². The van der Waals surface area contributed by atoms with E-state index >= 15 is 0 Å². The van der Waals surface area contributed by atoms with E-state index in [1.54, 1.807) is 30.1 Å². The number of amides is 1. The first kappa shape index (κ1) is 15.7. The average Bonchev–Trinajstić information content (AvgIpc) is 3.00. The standard InChI is InChI=1S/C17H15FN4O2/c1-22-7-6-15(21-22)14-8-16(11-2-4-13(18)5-3-11)19-9-12(14)10-20-17(23)24/h2-9,20H,10H2,1H3,(H,23,24). The molecule has 6 nitrogen and oxygen atoms in total. The fourth-order valence-corrected chi connectivity index (χ4v) is 2.37. The first-order chi connectivity index (χ1) is 11.5. The van der Waals surface area contributed by atoms with Gasteiger partial charge in [0, 0.05) is 37.1 Å². The molecule has 0 bridgehead atoms. The van der Waals surface area contributed by atoms with Crippen LogP contribution in [0.15, 0.2) is 48.8 Å². The topological polar surface area (TPSA) is 80.0 Å². The molecule has 7 heteroatoms. The van der Waals surface area contributed by atoms with Crippen LogP contribution in [0, 0.1) is 5.82 Å². The van der Waals surface area contributed by atoms with Crippen molar-refractivity contribution in [2.24, 2.45) is 7.05 Å². The molecule has 0 unspecified atom stereocenters. The Hall–Kier alpha value is -3.22. The molecule has 0 spiro atoms. The minimum atomic E-state index is -1.11. The van der Waals surface area contributed by atoms with Crippen LogP contribution < -0.4 is 5.32 Å². The zero-order valence-corrected chi connectivity index (χ0v) is 12.9. The number of aromatic nitrogens is 3. The summed E-state index contributed by atoms with van der Waals surface area (Å²) in [5, 5.41) is 15.5. The third kappa shape index (κ3) is 3.40. The summed E-state index contributed by atoms with van der Waals surface area (Å²) in [5.41, 5.74) is 3.63. The normalized spacial score (nSPS) is 10.6. The van der Waals surface area contributed by atoms with Gasteiger partial charge in [0.15, 0.2) is 0 Å². The number of hydrogen-bond acceptors (Lipinski definition) is 3. The summed E-state index contributed by atoms with van der Waals surface area (Å²) < 4.78 is 14.8. The van der Waals surface area contributed by atoms with Crippen LogP contribution in [-0.4, -0.2) is 26.0 Å². The molecule has 3 rings (SSSR count). The monoisotopic (exact) mass is 326 g/mol. The van der Waals surface area contributed by atoms with Crippen molar-refractivity contribution in [3.8, 4) is 22.5 Å². The van der Waals surface area contributed by atoms with Crippen LogP contribution >= 0.6 is 0 Å². The Morgan fingerprint density at radius 3 is 2.62 bits per heavy atom. The lowest BCUT2D eigenvalue weighted by Crippen LogP contribution is -2.20. The van der Waals surface area contributed by atoms with E-state index in [9.17, 15) is 9.18 Å². The van der Waals surface area contributed by atoms with Gasteiger partial charge >= 0.3 is 6.09 Å². The van der Waals surface area contributed by atoms with Crippen molar-refractivity contribution in [3.63, 3.8) is 0 Å². The highest BCUT2D eigenvalue weighted by Gasteiger charge is 2.12. The van der Waals surface area contributed by atoms with Gasteiger partial charge in [0.2, 0.25) is 0 Å². The molecule has 1 aromatic carbocycles. The number of aryl methyl sites for hydroxylation is 1. The number of benzene rings is 1. The number of rotatable bonds is 4. The Balaban J connectivity index is 2.04. The SMILES string of the molecule is Cn1ccc(-c2cc(-c3ccc(F)cc3)ncc2CNC(=O)O)n1. The highest BCUT2D eigenvalue weighted by molar-refractivity contribution is 5.71. The van der Waals surface area contributed by atoms with Crippen LogP contribution in [0.1, 0.15) is 5.56 Å². The van der Waals surface area contributed by atoms with Crippen molar-refractivity contribution in [2.45, 2.75) is 6.54 Å². The number of halogens is 1. The number of carbonyl (C=O) groups is 1. The van der Waals surface area contributed by atoms with Gasteiger partial charge in [-0.05, 0) is 42.0 Å². The molecule has 0 radical (unpaired) electrons. The summed E-state index contributed by atoms with van der Waals surface area (Å²) in [5.74, 6) is -0.314. The summed E-state index contributed by atoms with van der Waals surface area (Å²) in [6.07, 6.45) is 2.31. The maximum Gasteiger partial charge on any atom is 0.404 e. The number of nitrogens with one attached hydrogen (secondary N) is 1. The Morgan fingerprint density at radius 2 is 2.00 bits per heavy atom. The van der Waals surface area contributed by atoms with Crippen molar-refractivity contribution < 1.29 is 14.3 Å². The quantitative estimate of drug-likeness (QED) is 0.772. The largest absolute Gasteiger partial charge is 0.465 e. The maximum atomic E-state index is 13.1. The van der Waals surface area contributed by atoms with Crippen molar-refractivity contribution in [1.82, 2.24) is 20.1 Å². The van der Waals surface area contributed by atoms with Crippen LogP contribution in [-0.2, 0) is 13.6 Å². The molecular formula is C17H15FN4O2. The van der Waals surface area contributed by atoms with Gasteiger partial charge in [-0.2, -0.15) is 5.10 Å². The summed E-state index contributed by atoms with van der Waals surface area (Å²) in [7, 11) is 1.81. The number of carboxylic acid groups (broad SMARTS) is 1. The second kappa shape index (κ2) is 6.49. The summed E-state index contributed by atoms with van der Waals surface area (Å²) in [6, 6.07) is 9.71. The van der Waals surface area contributed by atoms with Gasteiger partial charge in [-0.25, -0.2) is 9.18 Å². The van der Waals surface area contributed by atoms with Gasteiger partial charge in [0.25, 0.3) is 0 Å². The Morgan fingerprint density at radius 1 is 1.25 bits per heavy atom. The Kier molecular flexibility index (Phi) is 4.24. The second-order valence-electron chi connectivity index (χ2n) is 5.27. The third-order valence-corrected chi connectivity index (χ3v) is 3.55. The van der Waals surface area contributed by atoms with Crippen molar-refractivity contribution >= 4 is 6.09 Å². The van der Waals surface area contributed by atoms with Gasteiger partial charge in [0.1, 0.15) is 5.82 Å². The lowest BCUT2D eigenvalue weighted by Gasteiger charge is -2.10. The lowest BCUT2D eigenvalue weighted by atomic mass is 10.0. The van der Waals surface area contributed by atoms with Crippen LogP contribution in [0.3, 0.4) is 0 Å². The molecular weight excluding hydrogens is 311 g/mol. The van der Waals surface area contributed by atoms with Crippen molar-refractivity contribution in [3.05, 3.63) is 60.2 Å². The van der Waals surface area contributed by atoms with Crippen LogP contribution in [0.4, 0.5) is 9.18 Å². The smallest absolute Gasteiger partial charge is 0.404 e. The predicted molar refractivity (Wildman–Crippen MR) is 86.7 cm³/mol. The number of pyridine rings is 1. The van der Waals surface area contributed by atoms with E-state index in [2.05, 4.69) is 15.4 Å². The van der Waals surface area contributed by atoms with Crippen LogP contribution in [0.2, 0.25) is 0 Å². The van der Waals surface area contributed by atoms with Crippen LogP contribution in [0.25, 0.3) is 22.5 Å². The summed E-state index contributed by atoms with van der Waals surface area (Å²) in [4.78, 5) is 15.1. The molecule has 0 aliphatic carbocycles. The fourth-order valence-electron chi connectivity index (χ4n) is 2.37. The van der Waals surface area contributed by atoms with Gasteiger partial charge in [-0.15, -0.1) is 0 Å². The zero-order chi connectivity index (χ0) is 17.1. The summed E-state index contributed by atoms with van der Waals surface area (Å²) >= 11 is 0. The number of hydrogen-bond donors (Lipinski definition) is 2.